The highest BCUT2D eigenvalue weighted by Crippen LogP contribution is 2.26. The predicted molar refractivity (Wildman–Crippen MR) is 97.3 cm³/mol. The zero-order chi connectivity index (χ0) is 17.9. The summed E-state index contributed by atoms with van der Waals surface area (Å²) >= 11 is 1.88. The van der Waals surface area contributed by atoms with Crippen molar-refractivity contribution < 1.29 is 14.3 Å². The molecule has 7 heteroatoms. The molecule has 0 saturated carbocycles. The van der Waals surface area contributed by atoms with Gasteiger partial charge in [-0.1, -0.05) is 6.92 Å². The number of ether oxygens (including phenoxy) is 1. The Morgan fingerprint density at radius 2 is 1.88 bits per heavy atom. The average molecular weight is 358 g/mol. The number of thioether (sulfide) groups is 1. The molecule has 2 saturated heterocycles. The second-order valence-electron chi connectivity index (χ2n) is 7.55. The van der Waals surface area contributed by atoms with E-state index in [-0.39, 0.29) is 18.0 Å². The largest absolute Gasteiger partial charge is 0.444 e. The highest BCUT2D eigenvalue weighted by Gasteiger charge is 2.44. The van der Waals surface area contributed by atoms with Gasteiger partial charge >= 0.3 is 6.09 Å². The number of hydrogen-bond donors (Lipinski definition) is 0. The zero-order valence-electron chi connectivity index (χ0n) is 15.6. The third-order valence-electron chi connectivity index (χ3n) is 4.64. The molecule has 2 atom stereocenters. The van der Waals surface area contributed by atoms with Crippen molar-refractivity contribution in [1.82, 2.24) is 14.7 Å². The van der Waals surface area contributed by atoms with Crippen LogP contribution in [0.15, 0.2) is 0 Å². The maximum atomic E-state index is 13.0. The summed E-state index contributed by atoms with van der Waals surface area (Å²) in [5.74, 6) is 2.03. The van der Waals surface area contributed by atoms with Crippen LogP contribution < -0.4 is 0 Å². The Morgan fingerprint density at radius 3 is 2.42 bits per heavy atom. The van der Waals surface area contributed by atoms with Crippen molar-refractivity contribution >= 4 is 23.8 Å². The Kier molecular flexibility index (Phi) is 6.42. The fourth-order valence-corrected chi connectivity index (χ4v) is 4.05. The molecule has 2 aliphatic rings. The molecule has 6 nitrogen and oxygen atoms in total. The van der Waals surface area contributed by atoms with Crippen LogP contribution in [-0.4, -0.2) is 89.1 Å². The van der Waals surface area contributed by atoms with Crippen molar-refractivity contribution in [1.29, 1.82) is 0 Å². The summed E-state index contributed by atoms with van der Waals surface area (Å²) < 4.78 is 5.54. The number of nitrogens with zero attached hydrogens (tertiary/aromatic N) is 3. The first-order valence-corrected chi connectivity index (χ1v) is 9.94. The minimum atomic E-state index is -0.554. The van der Waals surface area contributed by atoms with E-state index in [1.807, 2.05) is 44.5 Å². The van der Waals surface area contributed by atoms with Crippen molar-refractivity contribution in [3.8, 4) is 0 Å². The van der Waals surface area contributed by atoms with Crippen molar-refractivity contribution in [3.05, 3.63) is 0 Å². The van der Waals surface area contributed by atoms with Gasteiger partial charge < -0.3 is 14.5 Å². The molecule has 0 radical (unpaired) electrons. The molecular formula is C17H31N3O3S. The van der Waals surface area contributed by atoms with E-state index in [2.05, 4.69) is 11.8 Å². The third-order valence-corrected chi connectivity index (χ3v) is 5.58. The molecule has 0 aromatic heterocycles. The Balaban J connectivity index is 2.13. The maximum absolute atomic E-state index is 13.0. The number of carbonyl (C=O) groups is 2. The Morgan fingerprint density at radius 1 is 1.25 bits per heavy atom. The lowest BCUT2D eigenvalue weighted by Gasteiger charge is -2.33. The van der Waals surface area contributed by atoms with Crippen LogP contribution in [0.5, 0.6) is 0 Å². The van der Waals surface area contributed by atoms with E-state index < -0.39 is 11.6 Å². The van der Waals surface area contributed by atoms with Gasteiger partial charge in [0.15, 0.2) is 0 Å². The first kappa shape index (κ1) is 19.4. The molecule has 2 fully saturated rings. The predicted octanol–water partition coefficient (Wildman–Crippen LogP) is 1.89. The van der Waals surface area contributed by atoms with Crippen LogP contribution in [0.25, 0.3) is 0 Å². The second kappa shape index (κ2) is 7.95. The van der Waals surface area contributed by atoms with E-state index in [0.717, 1.165) is 31.1 Å². The average Bonchev–Trinajstić information content (AvgIpc) is 2.98. The molecule has 0 aliphatic carbocycles. The van der Waals surface area contributed by atoms with Gasteiger partial charge in [-0.3, -0.25) is 9.69 Å². The summed E-state index contributed by atoms with van der Waals surface area (Å²) in [5.41, 5.74) is -0.554. The van der Waals surface area contributed by atoms with Gasteiger partial charge in [-0.25, -0.2) is 4.79 Å². The molecule has 0 spiro atoms. The molecule has 138 valence electrons. The highest BCUT2D eigenvalue weighted by atomic mass is 32.2. The number of likely N-dealkylation sites (N-methyl/N-ethyl adjacent to an activating group) is 1. The van der Waals surface area contributed by atoms with Crippen LogP contribution in [0.1, 0.15) is 34.1 Å². The standard InChI is InChI=1S/C17H31N3O3S/c1-6-18(5)13-11-14(15(21)19-7-9-24-10-8-19)20(12-13)16(22)23-17(2,3)4/h13-14H,6-12H2,1-5H3/t13-,14-/m0/s1. The van der Waals surface area contributed by atoms with Crippen LogP contribution in [0, 0.1) is 0 Å². The molecule has 0 N–H and O–H groups in total. The normalized spacial score (nSPS) is 25.2. The maximum Gasteiger partial charge on any atom is 0.411 e. The minimum absolute atomic E-state index is 0.0770. The van der Waals surface area contributed by atoms with E-state index in [9.17, 15) is 9.59 Å². The molecule has 2 amide bonds. The summed E-state index contributed by atoms with van der Waals surface area (Å²) in [6.07, 6.45) is 0.311. The minimum Gasteiger partial charge on any atom is -0.444 e. The molecule has 2 aliphatic heterocycles. The number of rotatable bonds is 3. The first-order valence-electron chi connectivity index (χ1n) is 8.79. The third kappa shape index (κ3) is 4.79. The number of carbonyl (C=O) groups excluding carboxylic acids is 2. The van der Waals surface area contributed by atoms with Crippen molar-refractivity contribution in [2.24, 2.45) is 0 Å². The van der Waals surface area contributed by atoms with E-state index >= 15 is 0 Å². The van der Waals surface area contributed by atoms with Gasteiger partial charge in [-0.15, -0.1) is 0 Å². The van der Waals surface area contributed by atoms with Crippen LogP contribution in [-0.2, 0) is 9.53 Å². The second-order valence-corrected chi connectivity index (χ2v) is 8.77. The summed E-state index contributed by atoms with van der Waals surface area (Å²) in [7, 11) is 2.04. The smallest absolute Gasteiger partial charge is 0.411 e. The number of amides is 2. The van der Waals surface area contributed by atoms with Crippen LogP contribution in [0.4, 0.5) is 4.79 Å². The summed E-state index contributed by atoms with van der Waals surface area (Å²) in [4.78, 5) is 31.4. The molecule has 0 unspecified atom stereocenters. The van der Waals surface area contributed by atoms with Gasteiger partial charge in [0.05, 0.1) is 0 Å². The SMILES string of the molecule is CCN(C)[C@H]1C[C@@H](C(=O)N2CCSCC2)N(C(=O)OC(C)(C)C)C1. The quantitative estimate of drug-likeness (QED) is 0.772. The Bertz CT molecular complexity index is 460. The monoisotopic (exact) mass is 357 g/mol. The molecule has 24 heavy (non-hydrogen) atoms. The van der Waals surface area contributed by atoms with Crippen LogP contribution in [0.2, 0.25) is 0 Å². The highest BCUT2D eigenvalue weighted by molar-refractivity contribution is 7.99. The lowest BCUT2D eigenvalue weighted by molar-refractivity contribution is -0.135. The van der Waals surface area contributed by atoms with Gasteiger partial charge in [-0.2, -0.15) is 11.8 Å². The van der Waals surface area contributed by atoms with E-state index in [1.54, 1.807) is 4.90 Å². The molecule has 0 aromatic carbocycles. The van der Waals surface area contributed by atoms with Gasteiger partial charge in [-0.05, 0) is 40.8 Å². The van der Waals surface area contributed by atoms with Crippen molar-refractivity contribution in [2.45, 2.75) is 51.8 Å². The van der Waals surface area contributed by atoms with E-state index in [1.165, 1.54) is 0 Å². The van der Waals surface area contributed by atoms with E-state index in [4.69, 9.17) is 4.74 Å². The molecule has 0 bridgehead atoms. The molecule has 2 heterocycles. The summed E-state index contributed by atoms with van der Waals surface area (Å²) in [6, 6.07) is -0.197. The molecular weight excluding hydrogens is 326 g/mol. The van der Waals surface area contributed by atoms with E-state index in [0.29, 0.717) is 13.0 Å². The van der Waals surface area contributed by atoms with Gasteiger partial charge in [0.1, 0.15) is 11.6 Å². The number of likely N-dealkylation sites (tertiary alicyclic amines) is 1. The first-order chi connectivity index (χ1) is 11.2. The number of hydrogen-bond acceptors (Lipinski definition) is 5. The fraction of sp³-hybridized carbons (Fsp3) is 0.882. The Labute approximate surface area is 149 Å². The van der Waals surface area contributed by atoms with Crippen LogP contribution in [0.3, 0.4) is 0 Å². The van der Waals surface area contributed by atoms with Crippen molar-refractivity contribution in [3.63, 3.8) is 0 Å². The van der Waals surface area contributed by atoms with Gasteiger partial charge in [0, 0.05) is 37.2 Å². The Hall–Kier alpha value is -0.950. The van der Waals surface area contributed by atoms with Crippen molar-refractivity contribution in [2.75, 3.05) is 44.7 Å². The van der Waals surface area contributed by atoms with Gasteiger partial charge in [0.25, 0.3) is 0 Å². The topological polar surface area (TPSA) is 53.1 Å². The summed E-state index contributed by atoms with van der Waals surface area (Å²) in [5, 5.41) is 0. The van der Waals surface area contributed by atoms with Crippen LogP contribution >= 0.6 is 11.8 Å². The zero-order valence-corrected chi connectivity index (χ0v) is 16.4. The fourth-order valence-electron chi connectivity index (χ4n) is 3.14. The molecule has 2 rings (SSSR count). The lowest BCUT2D eigenvalue weighted by atomic mass is 10.1. The lowest BCUT2D eigenvalue weighted by Crippen LogP contribution is -2.50. The molecule has 0 aromatic rings. The summed E-state index contributed by atoms with van der Waals surface area (Å²) in [6.45, 7) is 10.7. The van der Waals surface area contributed by atoms with Gasteiger partial charge in [0.2, 0.25) is 5.91 Å².